The highest BCUT2D eigenvalue weighted by Crippen LogP contribution is 2.44. The monoisotopic (exact) mass is 479 g/mol. The summed E-state index contributed by atoms with van der Waals surface area (Å²) in [5.41, 5.74) is 4.56. The Morgan fingerprint density at radius 3 is 2.31 bits per heavy atom. The molecule has 35 heavy (non-hydrogen) atoms. The van der Waals surface area contributed by atoms with E-state index in [4.69, 9.17) is 9.84 Å². The molecule has 186 valence electrons. The lowest BCUT2D eigenvalue weighted by molar-refractivity contribution is -0.138. The highest BCUT2D eigenvalue weighted by Gasteiger charge is 2.33. The molecular formula is C27H33N3O5. The van der Waals surface area contributed by atoms with Crippen LogP contribution < -0.4 is 5.32 Å². The quantitative estimate of drug-likeness (QED) is 0.573. The zero-order chi connectivity index (χ0) is 24.9. The van der Waals surface area contributed by atoms with Gasteiger partial charge >= 0.3 is 12.1 Å². The van der Waals surface area contributed by atoms with Gasteiger partial charge in [-0.2, -0.15) is 0 Å². The number of likely N-dealkylation sites (tertiary alicyclic amines) is 1. The second-order valence-electron chi connectivity index (χ2n) is 9.65. The van der Waals surface area contributed by atoms with Crippen LogP contribution in [0.5, 0.6) is 0 Å². The maximum Gasteiger partial charge on any atom is 0.407 e. The lowest BCUT2D eigenvalue weighted by atomic mass is 9.98. The SMILES string of the molecule is CN(C)CCC(NC(=O)OCC1c2ccccc2-c2ccccc21)C(=O)N1CCC(CC(=O)O)C1. The summed E-state index contributed by atoms with van der Waals surface area (Å²) in [6.45, 7) is 1.70. The molecule has 2 unspecified atom stereocenters. The summed E-state index contributed by atoms with van der Waals surface area (Å²) in [5, 5.41) is 11.8. The number of benzene rings is 2. The molecule has 2 aromatic rings. The molecule has 8 heteroatoms. The van der Waals surface area contributed by atoms with Crippen molar-refractivity contribution in [3.05, 3.63) is 59.7 Å². The Morgan fingerprint density at radius 1 is 1.09 bits per heavy atom. The lowest BCUT2D eigenvalue weighted by Crippen LogP contribution is -2.49. The van der Waals surface area contributed by atoms with Crippen molar-refractivity contribution in [1.82, 2.24) is 15.1 Å². The molecule has 1 aliphatic carbocycles. The van der Waals surface area contributed by atoms with Gasteiger partial charge in [-0.05, 0) is 61.7 Å². The van der Waals surface area contributed by atoms with Crippen LogP contribution in [0.2, 0.25) is 0 Å². The van der Waals surface area contributed by atoms with Crippen molar-refractivity contribution in [3.8, 4) is 11.1 Å². The van der Waals surface area contributed by atoms with E-state index in [0.717, 1.165) is 22.3 Å². The van der Waals surface area contributed by atoms with Crippen molar-refractivity contribution in [3.63, 3.8) is 0 Å². The van der Waals surface area contributed by atoms with E-state index >= 15 is 0 Å². The van der Waals surface area contributed by atoms with E-state index in [-0.39, 0.29) is 30.8 Å². The first-order chi connectivity index (χ1) is 16.8. The van der Waals surface area contributed by atoms with Crippen molar-refractivity contribution < 1.29 is 24.2 Å². The Morgan fingerprint density at radius 2 is 1.71 bits per heavy atom. The van der Waals surface area contributed by atoms with Crippen LogP contribution in [-0.4, -0.2) is 79.3 Å². The first kappa shape index (κ1) is 24.7. The smallest absolute Gasteiger partial charge is 0.407 e. The second-order valence-corrected chi connectivity index (χ2v) is 9.65. The molecule has 2 aromatic carbocycles. The number of ether oxygens (including phenoxy) is 1. The van der Waals surface area contributed by atoms with Gasteiger partial charge in [-0.25, -0.2) is 4.79 Å². The van der Waals surface area contributed by atoms with Crippen LogP contribution in [0.15, 0.2) is 48.5 Å². The first-order valence-corrected chi connectivity index (χ1v) is 12.1. The van der Waals surface area contributed by atoms with Crippen LogP contribution in [0.1, 0.15) is 36.3 Å². The molecule has 0 aromatic heterocycles. The molecule has 0 spiro atoms. The zero-order valence-electron chi connectivity index (χ0n) is 20.3. The highest BCUT2D eigenvalue weighted by molar-refractivity contribution is 5.86. The molecular weight excluding hydrogens is 446 g/mol. The molecule has 2 amide bonds. The molecule has 0 bridgehead atoms. The van der Waals surface area contributed by atoms with E-state index in [0.29, 0.717) is 32.5 Å². The number of carbonyl (C=O) groups excluding carboxylic acids is 2. The van der Waals surface area contributed by atoms with E-state index in [9.17, 15) is 14.4 Å². The zero-order valence-corrected chi connectivity index (χ0v) is 20.3. The van der Waals surface area contributed by atoms with E-state index in [2.05, 4.69) is 29.6 Å². The summed E-state index contributed by atoms with van der Waals surface area (Å²) in [6.07, 6.45) is 0.524. The predicted molar refractivity (Wildman–Crippen MR) is 132 cm³/mol. The number of carboxylic acids is 1. The van der Waals surface area contributed by atoms with E-state index in [1.165, 1.54) is 0 Å². The number of amides is 2. The number of hydrogen-bond acceptors (Lipinski definition) is 5. The number of carboxylic acid groups (broad SMARTS) is 1. The molecule has 1 aliphatic heterocycles. The standard InChI is InChI=1S/C27H33N3O5/c1-29(2)13-12-24(26(33)30-14-11-18(16-30)15-25(31)32)28-27(34)35-17-23-21-9-5-3-7-19(21)20-8-4-6-10-22(20)23/h3-10,18,23-24H,11-17H2,1-2H3,(H,28,34)(H,31,32). The number of nitrogens with one attached hydrogen (secondary N) is 1. The van der Waals surface area contributed by atoms with Gasteiger partial charge < -0.3 is 25.0 Å². The fourth-order valence-corrected chi connectivity index (χ4v) is 5.09. The van der Waals surface area contributed by atoms with Crippen molar-refractivity contribution in [1.29, 1.82) is 0 Å². The van der Waals surface area contributed by atoms with Gasteiger partial charge in [0, 0.05) is 25.4 Å². The predicted octanol–water partition coefficient (Wildman–Crippen LogP) is 3.17. The largest absolute Gasteiger partial charge is 0.481 e. The number of rotatable bonds is 9. The third-order valence-electron chi connectivity index (χ3n) is 6.86. The number of carbonyl (C=O) groups is 3. The Kier molecular flexibility index (Phi) is 7.70. The maximum absolute atomic E-state index is 13.2. The number of fused-ring (bicyclic) bond motifs is 3. The van der Waals surface area contributed by atoms with Gasteiger partial charge in [0.15, 0.2) is 0 Å². The summed E-state index contributed by atoms with van der Waals surface area (Å²) in [7, 11) is 3.82. The van der Waals surface area contributed by atoms with Crippen molar-refractivity contribution in [2.45, 2.75) is 31.2 Å². The fraction of sp³-hybridized carbons (Fsp3) is 0.444. The minimum absolute atomic E-state index is 0.0476. The van der Waals surface area contributed by atoms with Gasteiger partial charge in [0.25, 0.3) is 0 Å². The number of nitrogens with zero attached hydrogens (tertiary/aromatic N) is 2. The average molecular weight is 480 g/mol. The minimum Gasteiger partial charge on any atom is -0.481 e. The van der Waals surface area contributed by atoms with Crippen LogP contribution >= 0.6 is 0 Å². The highest BCUT2D eigenvalue weighted by atomic mass is 16.5. The maximum atomic E-state index is 13.2. The lowest BCUT2D eigenvalue weighted by Gasteiger charge is -2.25. The number of aliphatic carboxylic acids is 1. The third-order valence-corrected chi connectivity index (χ3v) is 6.86. The van der Waals surface area contributed by atoms with Crippen molar-refractivity contribution in [2.24, 2.45) is 5.92 Å². The molecule has 1 fully saturated rings. The Hall–Kier alpha value is -3.39. The number of hydrogen-bond donors (Lipinski definition) is 2. The van der Waals surface area contributed by atoms with Gasteiger partial charge in [-0.3, -0.25) is 9.59 Å². The molecule has 2 N–H and O–H groups in total. The number of alkyl carbamates (subject to hydrolysis) is 1. The van der Waals surface area contributed by atoms with E-state index < -0.39 is 18.1 Å². The van der Waals surface area contributed by atoms with E-state index in [1.807, 2.05) is 43.3 Å². The fourth-order valence-electron chi connectivity index (χ4n) is 5.09. The topological polar surface area (TPSA) is 99.2 Å². The Balaban J connectivity index is 1.39. The molecule has 2 aliphatic rings. The Labute approximate surface area is 205 Å². The molecule has 4 rings (SSSR count). The molecule has 0 radical (unpaired) electrons. The summed E-state index contributed by atoms with van der Waals surface area (Å²) in [4.78, 5) is 40.7. The summed E-state index contributed by atoms with van der Waals surface area (Å²) < 4.78 is 5.65. The van der Waals surface area contributed by atoms with Crippen LogP contribution in [0.4, 0.5) is 4.79 Å². The van der Waals surface area contributed by atoms with Crippen LogP contribution in [0.3, 0.4) is 0 Å². The van der Waals surface area contributed by atoms with Crippen molar-refractivity contribution in [2.75, 3.05) is 40.3 Å². The summed E-state index contributed by atoms with van der Waals surface area (Å²) in [5.74, 6) is -1.15. The summed E-state index contributed by atoms with van der Waals surface area (Å²) >= 11 is 0. The van der Waals surface area contributed by atoms with Gasteiger partial charge in [-0.15, -0.1) is 0 Å². The Bertz CT molecular complexity index is 1040. The minimum atomic E-state index is -0.856. The molecule has 2 atom stereocenters. The molecule has 0 saturated carbocycles. The van der Waals surface area contributed by atoms with Crippen LogP contribution in [-0.2, 0) is 14.3 Å². The first-order valence-electron chi connectivity index (χ1n) is 12.1. The second kappa shape index (κ2) is 10.9. The van der Waals surface area contributed by atoms with Gasteiger partial charge in [0.1, 0.15) is 12.6 Å². The van der Waals surface area contributed by atoms with E-state index in [1.54, 1.807) is 4.90 Å². The van der Waals surface area contributed by atoms with Gasteiger partial charge in [-0.1, -0.05) is 48.5 Å². The molecule has 1 saturated heterocycles. The van der Waals surface area contributed by atoms with Crippen LogP contribution in [0, 0.1) is 5.92 Å². The van der Waals surface area contributed by atoms with Gasteiger partial charge in [0.2, 0.25) is 5.91 Å². The van der Waals surface area contributed by atoms with Crippen LogP contribution in [0.25, 0.3) is 11.1 Å². The van der Waals surface area contributed by atoms with Gasteiger partial charge in [0.05, 0.1) is 0 Å². The average Bonchev–Trinajstić information content (AvgIpc) is 3.42. The molecule has 8 nitrogen and oxygen atoms in total. The summed E-state index contributed by atoms with van der Waals surface area (Å²) in [6, 6.07) is 15.5. The normalized spacial score (nSPS) is 17.7. The van der Waals surface area contributed by atoms with Crippen molar-refractivity contribution >= 4 is 18.0 Å². The third kappa shape index (κ3) is 5.82. The molecule has 1 heterocycles.